The number of piperidine rings is 1. The molecule has 1 aromatic carbocycles. The van der Waals surface area contributed by atoms with E-state index in [0.717, 1.165) is 49.3 Å². The maximum Gasteiger partial charge on any atom is 0.418 e. The highest BCUT2D eigenvalue weighted by atomic mass is 19.4. The monoisotopic (exact) mass is 451 g/mol. The maximum atomic E-state index is 13.3. The number of piperazine rings is 1. The molecule has 0 atom stereocenters. The van der Waals surface area contributed by atoms with Crippen molar-refractivity contribution in [1.82, 2.24) is 24.5 Å². The van der Waals surface area contributed by atoms with Gasteiger partial charge in [-0.05, 0) is 31.4 Å². The van der Waals surface area contributed by atoms with Gasteiger partial charge in [0.2, 0.25) is 0 Å². The van der Waals surface area contributed by atoms with E-state index >= 15 is 0 Å². The molecular formula is C21H24F3N5O3. The van der Waals surface area contributed by atoms with Crippen LogP contribution < -0.4 is 0 Å². The summed E-state index contributed by atoms with van der Waals surface area (Å²) in [6.45, 7) is 2.68. The minimum atomic E-state index is -4.61. The molecule has 2 aromatic rings. The summed E-state index contributed by atoms with van der Waals surface area (Å²) in [4.78, 5) is 30.5. The summed E-state index contributed by atoms with van der Waals surface area (Å²) < 4.78 is 40.8. The molecule has 172 valence electrons. The maximum absolute atomic E-state index is 13.3. The number of carbonyl (C=O) groups is 2. The fourth-order valence-corrected chi connectivity index (χ4v) is 4.09. The number of rotatable bonds is 2. The molecule has 8 nitrogen and oxygen atoms in total. The van der Waals surface area contributed by atoms with Gasteiger partial charge in [0.1, 0.15) is 0 Å². The van der Waals surface area contributed by atoms with Crippen molar-refractivity contribution in [3.8, 4) is 11.4 Å². The molecule has 0 radical (unpaired) electrons. The first-order valence-electron chi connectivity index (χ1n) is 10.5. The average Bonchev–Trinajstić information content (AvgIpc) is 3.19. The Hall–Kier alpha value is -3.24. The standard InChI is InChI=1S/C21H24F3N5O3/c22-21(23,24)15-6-2-3-7-16(15)29-14-17(30)18(25-29)19(31)26-10-12-28(13-11-26)20(32)27-8-4-1-5-9-27/h2-3,6-7,14,30H,1,4-5,8-13H2. The summed E-state index contributed by atoms with van der Waals surface area (Å²) in [5, 5.41) is 14.2. The highest BCUT2D eigenvalue weighted by Crippen LogP contribution is 2.34. The molecule has 0 spiro atoms. The van der Waals surface area contributed by atoms with Crippen molar-refractivity contribution >= 4 is 11.9 Å². The van der Waals surface area contributed by atoms with Crippen molar-refractivity contribution in [3.63, 3.8) is 0 Å². The van der Waals surface area contributed by atoms with Crippen LogP contribution in [0, 0.1) is 0 Å². The number of hydrogen-bond acceptors (Lipinski definition) is 4. The molecule has 32 heavy (non-hydrogen) atoms. The molecule has 4 rings (SSSR count). The molecule has 2 aliphatic heterocycles. The highest BCUT2D eigenvalue weighted by Gasteiger charge is 2.35. The Labute approximate surface area is 182 Å². The SMILES string of the molecule is O=C(c1nn(-c2ccccc2C(F)(F)F)cc1O)N1CCN(C(=O)N2CCCCC2)CC1. The van der Waals surface area contributed by atoms with Crippen molar-refractivity contribution in [2.24, 2.45) is 0 Å². The number of hydrogen-bond donors (Lipinski definition) is 1. The van der Waals surface area contributed by atoms with Crippen LogP contribution in [0.5, 0.6) is 5.75 Å². The van der Waals surface area contributed by atoms with Crippen LogP contribution in [-0.4, -0.2) is 80.8 Å². The van der Waals surface area contributed by atoms with Crippen LogP contribution in [0.25, 0.3) is 5.69 Å². The molecule has 3 amide bonds. The smallest absolute Gasteiger partial charge is 0.418 e. The summed E-state index contributed by atoms with van der Waals surface area (Å²) in [6, 6.07) is 4.77. The summed E-state index contributed by atoms with van der Waals surface area (Å²) in [5.41, 5.74) is -1.53. The quantitative estimate of drug-likeness (QED) is 0.761. The van der Waals surface area contributed by atoms with Gasteiger partial charge in [0.25, 0.3) is 5.91 Å². The van der Waals surface area contributed by atoms with Crippen molar-refractivity contribution in [3.05, 3.63) is 41.7 Å². The molecule has 1 N–H and O–H groups in total. The molecule has 2 saturated heterocycles. The number of urea groups is 1. The van der Waals surface area contributed by atoms with Crippen LogP contribution in [0.1, 0.15) is 35.3 Å². The lowest BCUT2D eigenvalue weighted by Crippen LogP contribution is -2.54. The Morgan fingerprint density at radius 2 is 1.47 bits per heavy atom. The summed E-state index contributed by atoms with van der Waals surface area (Å²) in [5.74, 6) is -1.09. The second kappa shape index (κ2) is 8.71. The van der Waals surface area contributed by atoms with Crippen molar-refractivity contribution in [2.75, 3.05) is 39.3 Å². The fraction of sp³-hybridized carbons (Fsp3) is 0.476. The molecule has 1 aromatic heterocycles. The van der Waals surface area contributed by atoms with Crippen molar-refractivity contribution in [2.45, 2.75) is 25.4 Å². The molecule has 0 aliphatic carbocycles. The van der Waals surface area contributed by atoms with E-state index in [4.69, 9.17) is 0 Å². The van der Waals surface area contributed by atoms with Crippen LogP contribution in [0.4, 0.5) is 18.0 Å². The van der Waals surface area contributed by atoms with Crippen molar-refractivity contribution < 1.29 is 27.9 Å². The first kappa shape index (κ1) is 22.0. The van der Waals surface area contributed by atoms with Crippen LogP contribution >= 0.6 is 0 Å². The predicted octanol–water partition coefficient (Wildman–Crippen LogP) is 2.96. The molecule has 0 saturated carbocycles. The molecule has 0 unspecified atom stereocenters. The normalized spacial score (nSPS) is 17.5. The Morgan fingerprint density at radius 1 is 0.875 bits per heavy atom. The Balaban J connectivity index is 1.45. The minimum absolute atomic E-state index is 0.0346. The molecule has 2 fully saturated rings. The molecule has 0 bridgehead atoms. The van der Waals surface area contributed by atoms with E-state index in [1.54, 1.807) is 4.90 Å². The van der Waals surface area contributed by atoms with E-state index in [9.17, 15) is 27.9 Å². The predicted molar refractivity (Wildman–Crippen MR) is 109 cm³/mol. The Morgan fingerprint density at radius 3 is 2.12 bits per heavy atom. The van der Waals surface area contributed by atoms with Gasteiger partial charge in [-0.2, -0.15) is 18.3 Å². The zero-order valence-electron chi connectivity index (χ0n) is 17.4. The third-order valence-electron chi connectivity index (χ3n) is 5.82. The van der Waals surface area contributed by atoms with Gasteiger partial charge in [0.05, 0.1) is 17.4 Å². The second-order valence-corrected chi connectivity index (χ2v) is 7.93. The van der Waals surface area contributed by atoms with Crippen LogP contribution in [0.3, 0.4) is 0 Å². The van der Waals surface area contributed by atoms with E-state index in [2.05, 4.69) is 5.10 Å². The number of amides is 3. The lowest BCUT2D eigenvalue weighted by atomic mass is 10.1. The van der Waals surface area contributed by atoms with Gasteiger partial charge < -0.3 is 19.8 Å². The topological polar surface area (TPSA) is 81.9 Å². The minimum Gasteiger partial charge on any atom is -0.504 e. The van der Waals surface area contributed by atoms with E-state index in [-0.39, 0.29) is 30.5 Å². The first-order valence-corrected chi connectivity index (χ1v) is 10.5. The summed E-state index contributed by atoms with van der Waals surface area (Å²) in [7, 11) is 0. The van der Waals surface area contributed by atoms with Gasteiger partial charge in [-0.1, -0.05) is 12.1 Å². The number of benzene rings is 1. The van der Waals surface area contributed by atoms with E-state index in [1.165, 1.54) is 23.1 Å². The number of aromatic hydroxyl groups is 1. The van der Waals surface area contributed by atoms with Crippen LogP contribution in [-0.2, 0) is 6.18 Å². The van der Waals surface area contributed by atoms with Gasteiger partial charge >= 0.3 is 12.2 Å². The van der Waals surface area contributed by atoms with E-state index < -0.39 is 23.4 Å². The molecule has 2 aliphatic rings. The number of nitrogens with zero attached hydrogens (tertiary/aromatic N) is 5. The van der Waals surface area contributed by atoms with E-state index in [0.29, 0.717) is 13.1 Å². The van der Waals surface area contributed by atoms with Gasteiger partial charge in [-0.25, -0.2) is 9.48 Å². The zero-order valence-corrected chi connectivity index (χ0v) is 17.4. The van der Waals surface area contributed by atoms with Gasteiger partial charge in [0, 0.05) is 39.3 Å². The summed E-state index contributed by atoms with van der Waals surface area (Å²) in [6.07, 6.45) is -0.518. The lowest BCUT2D eigenvalue weighted by Gasteiger charge is -2.38. The third kappa shape index (κ3) is 4.37. The number of likely N-dealkylation sites (tertiary alicyclic amines) is 1. The molecular weight excluding hydrogens is 427 g/mol. The zero-order chi connectivity index (χ0) is 22.9. The molecule has 11 heteroatoms. The van der Waals surface area contributed by atoms with Gasteiger partial charge in [-0.3, -0.25) is 4.79 Å². The van der Waals surface area contributed by atoms with Crippen LogP contribution in [0.2, 0.25) is 0 Å². The second-order valence-electron chi connectivity index (χ2n) is 7.93. The van der Waals surface area contributed by atoms with Gasteiger partial charge in [0.15, 0.2) is 11.4 Å². The van der Waals surface area contributed by atoms with Gasteiger partial charge in [-0.15, -0.1) is 0 Å². The van der Waals surface area contributed by atoms with Crippen LogP contribution in [0.15, 0.2) is 30.5 Å². The average molecular weight is 451 g/mol. The number of para-hydroxylation sites is 1. The number of aromatic nitrogens is 2. The van der Waals surface area contributed by atoms with Crippen molar-refractivity contribution in [1.29, 1.82) is 0 Å². The fourth-order valence-electron chi connectivity index (χ4n) is 4.09. The first-order chi connectivity index (χ1) is 15.3. The third-order valence-corrected chi connectivity index (χ3v) is 5.82. The number of halogens is 3. The van der Waals surface area contributed by atoms with E-state index in [1.807, 2.05) is 4.90 Å². The largest absolute Gasteiger partial charge is 0.504 e. The Kier molecular flexibility index (Phi) is 5.98. The highest BCUT2D eigenvalue weighted by molar-refractivity contribution is 5.95. The Bertz CT molecular complexity index is 993. The molecule has 3 heterocycles. The summed E-state index contributed by atoms with van der Waals surface area (Å²) >= 11 is 0. The number of alkyl halides is 3. The lowest BCUT2D eigenvalue weighted by molar-refractivity contribution is -0.137. The number of carbonyl (C=O) groups excluding carboxylic acids is 2.